The number of benzene rings is 1. The minimum atomic E-state index is -0.336. The Morgan fingerprint density at radius 2 is 2.05 bits per heavy atom. The standard InChI is InChI=1S/C12H9ClN4OS/c13-9-2-1-7(11(14)19)5-10(9)17-12(18)8-3-4-15-16-6-8/h1-6H,(H2,14,19)(H,17,18). The molecule has 0 atom stereocenters. The van der Waals surface area contributed by atoms with Crippen LogP contribution in [0.2, 0.25) is 5.02 Å². The third-order valence-electron chi connectivity index (χ3n) is 2.35. The molecule has 19 heavy (non-hydrogen) atoms. The van der Waals surface area contributed by atoms with Crippen molar-refractivity contribution in [1.82, 2.24) is 10.2 Å². The molecule has 0 bridgehead atoms. The number of rotatable bonds is 3. The monoisotopic (exact) mass is 292 g/mol. The van der Waals surface area contributed by atoms with Gasteiger partial charge in [0.1, 0.15) is 4.99 Å². The highest BCUT2D eigenvalue weighted by Gasteiger charge is 2.10. The van der Waals surface area contributed by atoms with Crippen LogP contribution in [0.5, 0.6) is 0 Å². The van der Waals surface area contributed by atoms with E-state index in [0.29, 0.717) is 21.8 Å². The van der Waals surface area contributed by atoms with Crippen LogP contribution in [0.4, 0.5) is 5.69 Å². The van der Waals surface area contributed by atoms with E-state index in [0.717, 1.165) is 0 Å². The lowest BCUT2D eigenvalue weighted by Gasteiger charge is -2.08. The van der Waals surface area contributed by atoms with Gasteiger partial charge >= 0.3 is 0 Å². The van der Waals surface area contributed by atoms with Gasteiger partial charge in [0.2, 0.25) is 0 Å². The second-order valence-corrected chi connectivity index (χ2v) is 4.49. The van der Waals surface area contributed by atoms with Gasteiger partial charge in [-0.05, 0) is 18.2 Å². The van der Waals surface area contributed by atoms with E-state index in [-0.39, 0.29) is 10.9 Å². The molecule has 1 heterocycles. The predicted molar refractivity (Wildman–Crippen MR) is 77.3 cm³/mol. The van der Waals surface area contributed by atoms with E-state index < -0.39 is 0 Å². The average molecular weight is 293 g/mol. The van der Waals surface area contributed by atoms with E-state index in [1.54, 1.807) is 24.3 Å². The van der Waals surface area contributed by atoms with Crippen LogP contribution in [-0.4, -0.2) is 21.1 Å². The third kappa shape index (κ3) is 3.24. The fourth-order valence-corrected chi connectivity index (χ4v) is 1.69. The Kier molecular flexibility index (Phi) is 4.03. The van der Waals surface area contributed by atoms with E-state index in [1.165, 1.54) is 12.4 Å². The zero-order chi connectivity index (χ0) is 13.8. The Balaban J connectivity index is 2.26. The summed E-state index contributed by atoms with van der Waals surface area (Å²) < 4.78 is 0. The fourth-order valence-electron chi connectivity index (χ4n) is 1.39. The Bertz CT molecular complexity index is 633. The van der Waals surface area contributed by atoms with Crippen LogP contribution in [0.3, 0.4) is 0 Å². The van der Waals surface area contributed by atoms with Crippen molar-refractivity contribution in [3.8, 4) is 0 Å². The van der Waals surface area contributed by atoms with E-state index in [2.05, 4.69) is 15.5 Å². The highest BCUT2D eigenvalue weighted by Crippen LogP contribution is 2.23. The molecule has 0 aliphatic heterocycles. The molecule has 0 aliphatic carbocycles. The number of nitrogens with zero attached hydrogens (tertiary/aromatic N) is 2. The number of aromatic nitrogens is 2. The van der Waals surface area contributed by atoms with Gasteiger partial charge in [0.05, 0.1) is 28.7 Å². The van der Waals surface area contributed by atoms with Crippen molar-refractivity contribution in [1.29, 1.82) is 0 Å². The summed E-state index contributed by atoms with van der Waals surface area (Å²) in [5.74, 6) is -0.336. The topological polar surface area (TPSA) is 80.9 Å². The Morgan fingerprint density at radius 3 is 2.68 bits per heavy atom. The van der Waals surface area contributed by atoms with Crippen LogP contribution >= 0.6 is 23.8 Å². The predicted octanol–water partition coefficient (Wildman–Crippen LogP) is 2.02. The van der Waals surface area contributed by atoms with E-state index in [9.17, 15) is 4.79 Å². The number of hydrogen-bond donors (Lipinski definition) is 2. The second kappa shape index (κ2) is 5.73. The van der Waals surface area contributed by atoms with Crippen molar-refractivity contribution in [3.63, 3.8) is 0 Å². The van der Waals surface area contributed by atoms with Crippen LogP contribution in [0.15, 0.2) is 36.7 Å². The summed E-state index contributed by atoms with van der Waals surface area (Å²) in [6.45, 7) is 0. The second-order valence-electron chi connectivity index (χ2n) is 3.64. The van der Waals surface area contributed by atoms with Gasteiger partial charge in [-0.1, -0.05) is 29.9 Å². The first-order valence-corrected chi connectivity index (χ1v) is 6.04. The first-order valence-electron chi connectivity index (χ1n) is 5.25. The molecule has 0 fully saturated rings. The molecule has 96 valence electrons. The molecule has 0 spiro atoms. The number of nitrogens with one attached hydrogen (secondary N) is 1. The molecule has 2 rings (SSSR count). The summed E-state index contributed by atoms with van der Waals surface area (Å²) >= 11 is 10.9. The van der Waals surface area contributed by atoms with Gasteiger partial charge < -0.3 is 11.1 Å². The van der Waals surface area contributed by atoms with Gasteiger partial charge in [-0.2, -0.15) is 10.2 Å². The molecule has 7 heteroatoms. The maximum atomic E-state index is 11.9. The molecule has 0 radical (unpaired) electrons. The number of halogens is 1. The van der Waals surface area contributed by atoms with Gasteiger partial charge in [0, 0.05) is 5.56 Å². The number of carbonyl (C=O) groups excluding carboxylic acids is 1. The van der Waals surface area contributed by atoms with Crippen LogP contribution in [-0.2, 0) is 0 Å². The van der Waals surface area contributed by atoms with E-state index in [4.69, 9.17) is 29.6 Å². The van der Waals surface area contributed by atoms with Crippen LogP contribution in [0.25, 0.3) is 0 Å². The Labute approximate surface area is 119 Å². The van der Waals surface area contributed by atoms with Crippen molar-refractivity contribution in [2.24, 2.45) is 5.73 Å². The summed E-state index contributed by atoms with van der Waals surface area (Å²) in [5, 5.41) is 10.3. The smallest absolute Gasteiger partial charge is 0.257 e. The zero-order valence-electron chi connectivity index (χ0n) is 9.63. The van der Waals surface area contributed by atoms with Gasteiger partial charge in [0.25, 0.3) is 5.91 Å². The van der Waals surface area contributed by atoms with Crippen molar-refractivity contribution < 1.29 is 4.79 Å². The summed E-state index contributed by atoms with van der Waals surface area (Å²) in [6, 6.07) is 6.48. The van der Waals surface area contributed by atoms with Crippen molar-refractivity contribution >= 4 is 40.4 Å². The number of hydrogen-bond acceptors (Lipinski definition) is 4. The molecule has 1 aromatic heterocycles. The molecule has 0 aliphatic rings. The summed E-state index contributed by atoms with van der Waals surface area (Å²) in [6.07, 6.45) is 2.79. The Hall–Kier alpha value is -2.05. The molecule has 2 aromatic rings. The highest BCUT2D eigenvalue weighted by atomic mass is 35.5. The molecule has 1 amide bonds. The maximum Gasteiger partial charge on any atom is 0.257 e. The minimum Gasteiger partial charge on any atom is -0.389 e. The summed E-state index contributed by atoms with van der Waals surface area (Å²) in [7, 11) is 0. The maximum absolute atomic E-state index is 11.9. The number of anilines is 1. The van der Waals surface area contributed by atoms with E-state index in [1.807, 2.05) is 0 Å². The first kappa shape index (κ1) is 13.4. The molecule has 0 saturated carbocycles. The molecular weight excluding hydrogens is 284 g/mol. The molecule has 0 unspecified atom stereocenters. The molecule has 1 aromatic carbocycles. The van der Waals surface area contributed by atoms with Crippen molar-refractivity contribution in [3.05, 3.63) is 52.8 Å². The zero-order valence-corrected chi connectivity index (χ0v) is 11.2. The molecular formula is C12H9ClN4OS. The van der Waals surface area contributed by atoms with Gasteiger partial charge in [0.15, 0.2) is 0 Å². The average Bonchev–Trinajstić information content (AvgIpc) is 2.42. The van der Waals surface area contributed by atoms with Crippen LogP contribution in [0.1, 0.15) is 15.9 Å². The van der Waals surface area contributed by atoms with Gasteiger partial charge in [-0.15, -0.1) is 0 Å². The van der Waals surface area contributed by atoms with Crippen LogP contribution in [0, 0.1) is 0 Å². The lowest BCUT2D eigenvalue weighted by atomic mass is 10.2. The number of thiocarbonyl (C=S) groups is 1. The molecule has 0 saturated heterocycles. The lowest BCUT2D eigenvalue weighted by Crippen LogP contribution is -2.14. The fraction of sp³-hybridized carbons (Fsp3) is 0. The van der Waals surface area contributed by atoms with Crippen molar-refractivity contribution in [2.45, 2.75) is 0 Å². The molecule has 5 nitrogen and oxygen atoms in total. The van der Waals surface area contributed by atoms with Gasteiger partial charge in [-0.3, -0.25) is 4.79 Å². The van der Waals surface area contributed by atoms with E-state index >= 15 is 0 Å². The first-order chi connectivity index (χ1) is 9.08. The van der Waals surface area contributed by atoms with Crippen molar-refractivity contribution in [2.75, 3.05) is 5.32 Å². The quantitative estimate of drug-likeness (QED) is 0.846. The summed E-state index contributed by atoms with van der Waals surface area (Å²) in [5.41, 5.74) is 6.98. The number of carbonyl (C=O) groups is 1. The SMILES string of the molecule is NC(=S)c1ccc(Cl)c(NC(=O)c2ccnnc2)c1. The minimum absolute atomic E-state index is 0.234. The highest BCUT2D eigenvalue weighted by molar-refractivity contribution is 7.80. The normalized spacial score (nSPS) is 9.95. The lowest BCUT2D eigenvalue weighted by molar-refractivity contribution is 0.102. The molecule has 3 N–H and O–H groups in total. The largest absolute Gasteiger partial charge is 0.389 e. The number of amides is 1. The number of nitrogens with two attached hydrogens (primary N) is 1. The third-order valence-corrected chi connectivity index (χ3v) is 2.91. The Morgan fingerprint density at radius 1 is 1.26 bits per heavy atom. The summed E-state index contributed by atoms with van der Waals surface area (Å²) in [4.78, 5) is 12.2. The van der Waals surface area contributed by atoms with Crippen LogP contribution < -0.4 is 11.1 Å². The van der Waals surface area contributed by atoms with Gasteiger partial charge in [-0.25, -0.2) is 0 Å².